The molecule has 20 heavy (non-hydrogen) atoms. The number of carbonyl (C=O) groups is 1. The van der Waals surface area contributed by atoms with E-state index in [-0.39, 0.29) is 18.5 Å². The predicted octanol–water partition coefficient (Wildman–Crippen LogP) is 2.18. The zero-order valence-electron chi connectivity index (χ0n) is 11.3. The lowest BCUT2D eigenvalue weighted by molar-refractivity contribution is -0.122. The van der Waals surface area contributed by atoms with Gasteiger partial charge in [0.25, 0.3) is 0 Å². The Morgan fingerprint density at radius 2 is 2.15 bits per heavy atom. The van der Waals surface area contributed by atoms with Crippen LogP contribution in [0, 0.1) is 0 Å². The Kier molecular flexibility index (Phi) is 5.29. The van der Waals surface area contributed by atoms with Gasteiger partial charge in [-0.2, -0.15) is 0 Å². The minimum atomic E-state index is -0.0428. The third kappa shape index (κ3) is 4.77. The molecule has 6 heteroatoms. The summed E-state index contributed by atoms with van der Waals surface area (Å²) in [5, 5.41) is 10.4. The number of nitrogens with one attached hydrogen (secondary N) is 1. The Morgan fingerprint density at radius 1 is 1.40 bits per heavy atom. The molecule has 0 saturated heterocycles. The highest BCUT2D eigenvalue weighted by atomic mass is 79.9. The number of amides is 1. The monoisotopic (exact) mass is 336 g/mol. The van der Waals surface area contributed by atoms with Gasteiger partial charge in [0, 0.05) is 16.7 Å². The summed E-state index contributed by atoms with van der Waals surface area (Å²) in [4.78, 5) is 11.8. The van der Waals surface area contributed by atoms with Crippen LogP contribution in [0.4, 0.5) is 0 Å². The van der Waals surface area contributed by atoms with Crippen LogP contribution in [0.2, 0.25) is 0 Å². The molecule has 1 amide bonds. The molecule has 0 fully saturated rings. The number of rotatable bonds is 6. The first-order chi connectivity index (χ1) is 9.63. The van der Waals surface area contributed by atoms with Crippen molar-refractivity contribution in [3.8, 4) is 0 Å². The molecule has 0 unspecified atom stereocenters. The fraction of sp³-hybridized carbons (Fsp3) is 0.357. The maximum atomic E-state index is 11.8. The van der Waals surface area contributed by atoms with E-state index in [1.165, 1.54) is 10.2 Å². The van der Waals surface area contributed by atoms with Gasteiger partial charge in [0.15, 0.2) is 0 Å². The summed E-state index contributed by atoms with van der Waals surface area (Å²) in [6, 6.07) is 8.38. The lowest BCUT2D eigenvalue weighted by Crippen LogP contribution is -2.35. The highest BCUT2D eigenvalue weighted by molar-refractivity contribution is 9.10. The van der Waals surface area contributed by atoms with Crippen LogP contribution in [-0.2, 0) is 17.8 Å². The second kappa shape index (κ2) is 7.19. The Labute approximate surface area is 126 Å². The Morgan fingerprint density at radius 3 is 2.80 bits per heavy atom. The van der Waals surface area contributed by atoms with Crippen LogP contribution >= 0.6 is 15.9 Å². The second-order valence-corrected chi connectivity index (χ2v) is 5.65. The maximum Gasteiger partial charge on any atom is 0.242 e. The largest absolute Gasteiger partial charge is 0.352 e. The van der Waals surface area contributed by atoms with Crippen molar-refractivity contribution in [2.45, 2.75) is 32.4 Å². The van der Waals surface area contributed by atoms with Gasteiger partial charge in [0.05, 0.1) is 6.20 Å². The van der Waals surface area contributed by atoms with E-state index in [2.05, 4.69) is 43.7 Å². The van der Waals surface area contributed by atoms with Crippen molar-refractivity contribution in [2.24, 2.45) is 0 Å². The van der Waals surface area contributed by atoms with Crippen molar-refractivity contribution >= 4 is 21.8 Å². The van der Waals surface area contributed by atoms with Crippen molar-refractivity contribution in [3.05, 3.63) is 46.7 Å². The van der Waals surface area contributed by atoms with Gasteiger partial charge in [0.1, 0.15) is 6.54 Å². The maximum absolute atomic E-state index is 11.8. The fourth-order valence-electron chi connectivity index (χ4n) is 1.89. The summed E-state index contributed by atoms with van der Waals surface area (Å²) in [6.45, 7) is 2.22. The van der Waals surface area contributed by atoms with E-state index in [1.807, 2.05) is 19.1 Å². The quantitative estimate of drug-likeness (QED) is 0.879. The smallest absolute Gasteiger partial charge is 0.242 e. The Hall–Kier alpha value is -1.69. The molecule has 106 valence electrons. The van der Waals surface area contributed by atoms with Crippen LogP contribution in [0.25, 0.3) is 0 Å². The van der Waals surface area contributed by atoms with Crippen LogP contribution in [0.1, 0.15) is 18.9 Å². The Balaban J connectivity index is 1.73. The molecule has 1 atom stereocenters. The van der Waals surface area contributed by atoms with E-state index >= 15 is 0 Å². The molecule has 1 heterocycles. The van der Waals surface area contributed by atoms with Gasteiger partial charge in [0.2, 0.25) is 5.91 Å². The molecule has 1 aromatic carbocycles. The predicted molar refractivity (Wildman–Crippen MR) is 80.1 cm³/mol. The summed E-state index contributed by atoms with van der Waals surface area (Å²) >= 11 is 3.42. The molecule has 1 aromatic heterocycles. The highest BCUT2D eigenvalue weighted by Crippen LogP contribution is 2.12. The topological polar surface area (TPSA) is 59.8 Å². The normalized spacial score (nSPS) is 12.1. The molecule has 5 nitrogen and oxygen atoms in total. The van der Waals surface area contributed by atoms with Gasteiger partial charge in [-0.3, -0.25) is 4.79 Å². The number of hydrogen-bond donors (Lipinski definition) is 1. The fourth-order valence-corrected chi connectivity index (χ4v) is 2.16. The van der Waals surface area contributed by atoms with E-state index in [1.54, 1.807) is 12.4 Å². The number of halogens is 1. The Bertz CT molecular complexity index is 539. The second-order valence-electron chi connectivity index (χ2n) is 4.73. The van der Waals surface area contributed by atoms with Crippen molar-refractivity contribution < 1.29 is 4.79 Å². The standard InChI is InChI=1S/C14H17BrN4O/c1-11(2-3-12-4-6-13(15)7-5-12)17-14(20)10-19-9-8-16-18-19/h4-9,11H,2-3,10H2,1H3,(H,17,20)/t11-/m1/s1. The molecule has 0 spiro atoms. The first-order valence-corrected chi connectivity index (χ1v) is 7.30. The van der Waals surface area contributed by atoms with Crippen molar-refractivity contribution in [2.75, 3.05) is 0 Å². The lowest BCUT2D eigenvalue weighted by Gasteiger charge is -2.13. The van der Waals surface area contributed by atoms with Gasteiger partial charge in [-0.1, -0.05) is 33.3 Å². The molecule has 0 aliphatic rings. The molecule has 0 aliphatic heterocycles. The zero-order chi connectivity index (χ0) is 14.4. The summed E-state index contributed by atoms with van der Waals surface area (Å²) in [5.41, 5.74) is 1.27. The number of aromatic nitrogens is 3. The molecule has 0 saturated carbocycles. The van der Waals surface area contributed by atoms with Gasteiger partial charge < -0.3 is 5.32 Å². The van der Waals surface area contributed by atoms with Crippen LogP contribution in [0.3, 0.4) is 0 Å². The minimum absolute atomic E-state index is 0.0428. The van der Waals surface area contributed by atoms with Gasteiger partial charge in [-0.15, -0.1) is 5.10 Å². The van der Waals surface area contributed by atoms with Crippen LogP contribution in [0.15, 0.2) is 41.1 Å². The molecular weight excluding hydrogens is 320 g/mol. The molecule has 0 aliphatic carbocycles. The van der Waals surface area contributed by atoms with Crippen molar-refractivity contribution in [3.63, 3.8) is 0 Å². The number of carbonyl (C=O) groups excluding carboxylic acids is 1. The highest BCUT2D eigenvalue weighted by Gasteiger charge is 2.08. The number of nitrogens with zero attached hydrogens (tertiary/aromatic N) is 3. The molecular formula is C14H17BrN4O. The lowest BCUT2D eigenvalue weighted by atomic mass is 10.1. The zero-order valence-corrected chi connectivity index (χ0v) is 12.9. The van der Waals surface area contributed by atoms with Gasteiger partial charge >= 0.3 is 0 Å². The third-order valence-electron chi connectivity index (χ3n) is 2.96. The first-order valence-electron chi connectivity index (χ1n) is 6.51. The number of hydrogen-bond acceptors (Lipinski definition) is 3. The van der Waals surface area contributed by atoms with Crippen LogP contribution in [-0.4, -0.2) is 26.9 Å². The van der Waals surface area contributed by atoms with E-state index in [9.17, 15) is 4.79 Å². The third-order valence-corrected chi connectivity index (χ3v) is 3.49. The van der Waals surface area contributed by atoms with Gasteiger partial charge in [-0.05, 0) is 37.5 Å². The molecule has 1 N–H and O–H groups in total. The average molecular weight is 337 g/mol. The number of aryl methyl sites for hydroxylation is 1. The van der Waals surface area contributed by atoms with Crippen LogP contribution in [0.5, 0.6) is 0 Å². The minimum Gasteiger partial charge on any atom is -0.352 e. The van der Waals surface area contributed by atoms with Crippen LogP contribution < -0.4 is 5.32 Å². The summed E-state index contributed by atoms with van der Waals surface area (Å²) in [6.07, 6.45) is 5.08. The van der Waals surface area contributed by atoms with Crippen molar-refractivity contribution in [1.82, 2.24) is 20.3 Å². The van der Waals surface area contributed by atoms with E-state index in [0.717, 1.165) is 17.3 Å². The summed E-state index contributed by atoms with van der Waals surface area (Å²) < 4.78 is 2.59. The SMILES string of the molecule is C[C@H](CCc1ccc(Br)cc1)NC(=O)Cn1ccnn1. The summed E-state index contributed by atoms with van der Waals surface area (Å²) in [7, 11) is 0. The van der Waals surface area contributed by atoms with Gasteiger partial charge in [-0.25, -0.2) is 4.68 Å². The van der Waals surface area contributed by atoms with E-state index in [4.69, 9.17) is 0 Å². The molecule has 0 bridgehead atoms. The van der Waals surface area contributed by atoms with E-state index < -0.39 is 0 Å². The molecule has 2 aromatic rings. The number of benzene rings is 1. The summed E-state index contributed by atoms with van der Waals surface area (Å²) in [5.74, 6) is -0.0428. The first kappa shape index (κ1) is 14.7. The van der Waals surface area contributed by atoms with Crippen molar-refractivity contribution in [1.29, 1.82) is 0 Å². The van der Waals surface area contributed by atoms with E-state index in [0.29, 0.717) is 0 Å². The average Bonchev–Trinajstić information content (AvgIpc) is 2.90. The molecule has 0 radical (unpaired) electrons. The molecule has 2 rings (SSSR count).